The van der Waals surface area contributed by atoms with Crippen LogP contribution in [0.15, 0.2) is 11.6 Å². The summed E-state index contributed by atoms with van der Waals surface area (Å²) in [5.41, 5.74) is 1.37. The van der Waals surface area contributed by atoms with Crippen molar-refractivity contribution in [2.24, 2.45) is 0 Å². The lowest BCUT2D eigenvalue weighted by Crippen LogP contribution is -2.16. The first-order valence-corrected chi connectivity index (χ1v) is 4.10. The second-order valence-electron chi connectivity index (χ2n) is 2.83. The normalized spacial score (nSPS) is 9.73. The Balaban J connectivity index is 2.97. The van der Waals surface area contributed by atoms with Crippen molar-refractivity contribution >= 4 is 0 Å². The van der Waals surface area contributed by atoms with Crippen LogP contribution >= 0.6 is 0 Å². The molecule has 0 saturated heterocycles. The van der Waals surface area contributed by atoms with Crippen LogP contribution in [0.5, 0.6) is 0 Å². The standard InChI is InChI=1S/C9H19NO/c1-9(2)5-7-10-6-4-8-11-3/h5,10H,4,6-8H2,1-3H3. The number of rotatable bonds is 6. The highest BCUT2D eigenvalue weighted by molar-refractivity contribution is 4.94. The summed E-state index contributed by atoms with van der Waals surface area (Å²) >= 11 is 0. The molecular formula is C9H19NO. The van der Waals surface area contributed by atoms with E-state index in [-0.39, 0.29) is 0 Å². The van der Waals surface area contributed by atoms with Gasteiger partial charge in [-0.3, -0.25) is 0 Å². The van der Waals surface area contributed by atoms with Crippen molar-refractivity contribution in [2.75, 3.05) is 26.8 Å². The second kappa shape index (κ2) is 7.76. The fraction of sp³-hybridized carbons (Fsp3) is 0.778. The molecule has 0 aromatic heterocycles. The molecule has 1 N–H and O–H groups in total. The van der Waals surface area contributed by atoms with Crippen molar-refractivity contribution in [3.05, 3.63) is 11.6 Å². The zero-order valence-corrected chi connectivity index (χ0v) is 7.81. The van der Waals surface area contributed by atoms with Gasteiger partial charge >= 0.3 is 0 Å². The van der Waals surface area contributed by atoms with Gasteiger partial charge in [0, 0.05) is 20.3 Å². The molecule has 0 aromatic rings. The summed E-state index contributed by atoms with van der Waals surface area (Å²) in [5.74, 6) is 0. The van der Waals surface area contributed by atoms with E-state index in [1.165, 1.54) is 5.57 Å². The average molecular weight is 157 g/mol. The molecule has 0 spiro atoms. The Bertz CT molecular complexity index is 106. The van der Waals surface area contributed by atoms with Gasteiger partial charge in [0.15, 0.2) is 0 Å². The third kappa shape index (κ3) is 9.66. The van der Waals surface area contributed by atoms with E-state index < -0.39 is 0 Å². The summed E-state index contributed by atoms with van der Waals surface area (Å²) in [6.07, 6.45) is 3.28. The van der Waals surface area contributed by atoms with Crippen molar-refractivity contribution in [3.8, 4) is 0 Å². The van der Waals surface area contributed by atoms with Crippen molar-refractivity contribution in [1.82, 2.24) is 5.32 Å². The smallest absolute Gasteiger partial charge is 0.0474 e. The molecule has 2 nitrogen and oxygen atoms in total. The number of methoxy groups -OCH3 is 1. The Hall–Kier alpha value is -0.340. The van der Waals surface area contributed by atoms with Crippen molar-refractivity contribution in [1.29, 1.82) is 0 Å². The minimum absolute atomic E-state index is 0.849. The summed E-state index contributed by atoms with van der Waals surface area (Å²) in [7, 11) is 1.73. The van der Waals surface area contributed by atoms with Gasteiger partial charge in [0.2, 0.25) is 0 Å². The number of nitrogens with one attached hydrogen (secondary N) is 1. The van der Waals surface area contributed by atoms with E-state index in [1.807, 2.05) is 0 Å². The molecule has 11 heavy (non-hydrogen) atoms. The molecule has 0 rings (SSSR count). The van der Waals surface area contributed by atoms with E-state index in [9.17, 15) is 0 Å². The molecule has 0 aromatic carbocycles. The van der Waals surface area contributed by atoms with Gasteiger partial charge in [0.1, 0.15) is 0 Å². The summed E-state index contributed by atoms with van der Waals surface area (Å²) in [4.78, 5) is 0. The summed E-state index contributed by atoms with van der Waals surface area (Å²) in [6.45, 7) is 7.08. The average Bonchev–Trinajstić information content (AvgIpc) is 1.96. The maximum absolute atomic E-state index is 4.91. The van der Waals surface area contributed by atoms with E-state index in [4.69, 9.17) is 4.74 Å². The first-order valence-electron chi connectivity index (χ1n) is 4.10. The number of allylic oxidation sites excluding steroid dienone is 1. The largest absolute Gasteiger partial charge is 0.385 e. The number of hydrogen-bond donors (Lipinski definition) is 1. The van der Waals surface area contributed by atoms with Crippen LogP contribution in [0.2, 0.25) is 0 Å². The summed E-state index contributed by atoms with van der Waals surface area (Å²) in [5, 5.41) is 3.30. The molecule has 2 heteroatoms. The van der Waals surface area contributed by atoms with Crippen LogP contribution in [-0.2, 0) is 4.74 Å². The van der Waals surface area contributed by atoms with Crippen LogP contribution in [0, 0.1) is 0 Å². The lowest BCUT2D eigenvalue weighted by Gasteiger charge is -2.00. The highest BCUT2D eigenvalue weighted by Crippen LogP contribution is 1.85. The third-order valence-corrected chi connectivity index (χ3v) is 1.36. The maximum atomic E-state index is 4.91. The highest BCUT2D eigenvalue weighted by Gasteiger charge is 1.84. The Kier molecular flexibility index (Phi) is 7.52. The molecule has 0 radical (unpaired) electrons. The Morgan fingerprint density at radius 3 is 2.73 bits per heavy atom. The van der Waals surface area contributed by atoms with Gasteiger partial charge < -0.3 is 10.1 Å². The fourth-order valence-electron chi connectivity index (χ4n) is 0.720. The molecule has 0 aliphatic carbocycles. The Morgan fingerprint density at radius 1 is 1.45 bits per heavy atom. The van der Waals surface area contributed by atoms with Gasteiger partial charge in [-0.2, -0.15) is 0 Å². The molecule has 0 aliphatic heterocycles. The van der Waals surface area contributed by atoms with E-state index >= 15 is 0 Å². The van der Waals surface area contributed by atoms with E-state index in [0.717, 1.165) is 26.1 Å². The van der Waals surface area contributed by atoms with Gasteiger partial charge in [-0.1, -0.05) is 11.6 Å². The third-order valence-electron chi connectivity index (χ3n) is 1.36. The molecule has 0 amide bonds. The molecule has 66 valence electrons. The molecule has 0 aliphatic rings. The Morgan fingerprint density at radius 2 is 2.18 bits per heavy atom. The lowest BCUT2D eigenvalue weighted by molar-refractivity contribution is 0.194. The maximum Gasteiger partial charge on any atom is 0.0474 e. The van der Waals surface area contributed by atoms with Gasteiger partial charge in [-0.05, 0) is 26.8 Å². The molecular weight excluding hydrogens is 138 g/mol. The Labute approximate surface area is 69.6 Å². The summed E-state index contributed by atoms with van der Waals surface area (Å²) in [6, 6.07) is 0. The predicted molar refractivity (Wildman–Crippen MR) is 48.8 cm³/mol. The van der Waals surface area contributed by atoms with Crippen LogP contribution in [0.3, 0.4) is 0 Å². The van der Waals surface area contributed by atoms with Gasteiger partial charge in [0.05, 0.1) is 0 Å². The quantitative estimate of drug-likeness (QED) is 0.467. The monoisotopic (exact) mass is 157 g/mol. The second-order valence-corrected chi connectivity index (χ2v) is 2.83. The lowest BCUT2D eigenvalue weighted by atomic mass is 10.3. The molecule has 0 fully saturated rings. The predicted octanol–water partition coefficient (Wildman–Crippen LogP) is 1.58. The van der Waals surface area contributed by atoms with Crippen molar-refractivity contribution < 1.29 is 4.74 Å². The highest BCUT2D eigenvalue weighted by atomic mass is 16.5. The van der Waals surface area contributed by atoms with E-state index in [1.54, 1.807) is 7.11 Å². The van der Waals surface area contributed by atoms with Gasteiger partial charge in [-0.25, -0.2) is 0 Å². The molecule has 0 saturated carbocycles. The topological polar surface area (TPSA) is 21.3 Å². The first kappa shape index (κ1) is 10.7. The first-order chi connectivity index (χ1) is 5.27. The SMILES string of the molecule is COCCCNCC=C(C)C. The van der Waals surface area contributed by atoms with E-state index in [2.05, 4.69) is 25.2 Å². The molecule has 0 unspecified atom stereocenters. The van der Waals surface area contributed by atoms with Crippen LogP contribution < -0.4 is 5.32 Å². The van der Waals surface area contributed by atoms with Gasteiger partial charge in [0.25, 0.3) is 0 Å². The van der Waals surface area contributed by atoms with Crippen molar-refractivity contribution in [2.45, 2.75) is 20.3 Å². The zero-order valence-electron chi connectivity index (χ0n) is 7.81. The van der Waals surface area contributed by atoms with Crippen LogP contribution in [0.25, 0.3) is 0 Å². The molecule has 0 heterocycles. The number of ether oxygens (including phenoxy) is 1. The zero-order chi connectivity index (χ0) is 8.53. The minimum Gasteiger partial charge on any atom is -0.385 e. The number of hydrogen-bond acceptors (Lipinski definition) is 2. The minimum atomic E-state index is 0.849. The van der Waals surface area contributed by atoms with E-state index in [0.29, 0.717) is 0 Å². The fourth-order valence-corrected chi connectivity index (χ4v) is 0.720. The van der Waals surface area contributed by atoms with Gasteiger partial charge in [-0.15, -0.1) is 0 Å². The summed E-state index contributed by atoms with van der Waals surface area (Å²) < 4.78 is 4.91. The molecule has 0 atom stereocenters. The van der Waals surface area contributed by atoms with Crippen LogP contribution in [-0.4, -0.2) is 26.8 Å². The van der Waals surface area contributed by atoms with Crippen LogP contribution in [0.4, 0.5) is 0 Å². The van der Waals surface area contributed by atoms with Crippen LogP contribution in [0.1, 0.15) is 20.3 Å². The van der Waals surface area contributed by atoms with Crippen molar-refractivity contribution in [3.63, 3.8) is 0 Å². The molecule has 0 bridgehead atoms.